The Morgan fingerprint density at radius 3 is 2.32 bits per heavy atom. The van der Waals surface area contributed by atoms with Crippen LogP contribution in [0.15, 0.2) is 42.5 Å². The molecule has 3 rings (SSSR count). The van der Waals surface area contributed by atoms with Crippen LogP contribution in [0.4, 0.5) is 11.4 Å². The molecule has 0 bridgehead atoms. The van der Waals surface area contributed by atoms with Crippen molar-refractivity contribution in [2.24, 2.45) is 0 Å². The monoisotopic (exact) mass is 339 g/mol. The first-order chi connectivity index (χ1) is 12.0. The number of non-ortho nitro benzene ring substituents is 1. The van der Waals surface area contributed by atoms with Gasteiger partial charge in [0.15, 0.2) is 0 Å². The van der Waals surface area contributed by atoms with Crippen molar-refractivity contribution in [3.63, 3.8) is 0 Å². The summed E-state index contributed by atoms with van der Waals surface area (Å²) in [6.07, 6.45) is 0.932. The van der Waals surface area contributed by atoms with Crippen LogP contribution in [0.5, 0.6) is 0 Å². The Kier molecular flexibility index (Phi) is 5.34. The van der Waals surface area contributed by atoms with Crippen LogP contribution in [0.1, 0.15) is 16.7 Å². The van der Waals surface area contributed by atoms with E-state index in [1.54, 1.807) is 12.1 Å². The fourth-order valence-corrected chi connectivity index (χ4v) is 3.36. The van der Waals surface area contributed by atoms with E-state index in [1.807, 2.05) is 12.1 Å². The Balaban J connectivity index is 1.51. The van der Waals surface area contributed by atoms with Crippen molar-refractivity contribution in [1.82, 2.24) is 4.90 Å². The minimum atomic E-state index is -0.351. The predicted octanol–water partition coefficient (Wildman–Crippen LogP) is 3.58. The van der Waals surface area contributed by atoms with Gasteiger partial charge in [0.2, 0.25) is 0 Å². The number of nitro groups is 1. The lowest BCUT2D eigenvalue weighted by Gasteiger charge is -2.37. The van der Waals surface area contributed by atoms with Gasteiger partial charge in [0.1, 0.15) is 0 Å². The average Bonchev–Trinajstić information content (AvgIpc) is 2.63. The smallest absolute Gasteiger partial charge is 0.269 e. The number of hydrogen-bond donors (Lipinski definition) is 0. The molecule has 1 aliphatic heterocycles. The summed E-state index contributed by atoms with van der Waals surface area (Å²) >= 11 is 0. The van der Waals surface area contributed by atoms with Gasteiger partial charge in [-0.25, -0.2) is 0 Å². The molecule has 0 amide bonds. The maximum Gasteiger partial charge on any atom is 0.269 e. The Morgan fingerprint density at radius 1 is 1.00 bits per heavy atom. The summed E-state index contributed by atoms with van der Waals surface area (Å²) in [5.74, 6) is 0. The van der Waals surface area contributed by atoms with Crippen LogP contribution in [-0.2, 0) is 6.42 Å². The van der Waals surface area contributed by atoms with Crippen LogP contribution in [0.25, 0.3) is 0 Å². The van der Waals surface area contributed by atoms with E-state index >= 15 is 0 Å². The van der Waals surface area contributed by atoms with Gasteiger partial charge in [0.05, 0.1) is 4.92 Å². The van der Waals surface area contributed by atoms with Crippen molar-refractivity contribution >= 4 is 11.4 Å². The molecule has 0 saturated carbocycles. The predicted molar refractivity (Wildman–Crippen MR) is 101 cm³/mol. The highest BCUT2D eigenvalue weighted by atomic mass is 16.6. The lowest BCUT2D eigenvalue weighted by molar-refractivity contribution is -0.384. The Morgan fingerprint density at radius 2 is 1.68 bits per heavy atom. The van der Waals surface area contributed by atoms with E-state index in [2.05, 4.69) is 41.8 Å². The van der Waals surface area contributed by atoms with Crippen molar-refractivity contribution in [3.8, 4) is 0 Å². The fraction of sp³-hybridized carbons (Fsp3) is 0.400. The summed E-state index contributed by atoms with van der Waals surface area (Å²) < 4.78 is 0. The first kappa shape index (κ1) is 17.4. The summed E-state index contributed by atoms with van der Waals surface area (Å²) in [5.41, 5.74) is 5.39. The molecule has 1 heterocycles. The number of anilines is 1. The van der Waals surface area contributed by atoms with Gasteiger partial charge < -0.3 is 4.90 Å². The maximum absolute atomic E-state index is 10.7. The van der Waals surface area contributed by atoms with Crippen LogP contribution >= 0.6 is 0 Å². The lowest BCUT2D eigenvalue weighted by Crippen LogP contribution is -2.47. The largest absolute Gasteiger partial charge is 0.369 e. The van der Waals surface area contributed by atoms with Gasteiger partial charge in [0.25, 0.3) is 5.69 Å². The maximum atomic E-state index is 10.7. The number of hydrogen-bond acceptors (Lipinski definition) is 4. The number of nitrogens with zero attached hydrogens (tertiary/aromatic N) is 3. The van der Waals surface area contributed by atoms with E-state index in [1.165, 1.54) is 16.8 Å². The third-order valence-electron chi connectivity index (χ3n) is 5.15. The second-order valence-corrected chi connectivity index (χ2v) is 6.72. The molecule has 0 unspecified atom stereocenters. The van der Waals surface area contributed by atoms with E-state index in [0.29, 0.717) is 0 Å². The number of benzene rings is 2. The molecule has 2 aromatic carbocycles. The van der Waals surface area contributed by atoms with Gasteiger partial charge in [-0.15, -0.1) is 0 Å². The molecule has 2 aromatic rings. The number of rotatable bonds is 5. The molecule has 0 aliphatic carbocycles. The normalized spacial score (nSPS) is 15.4. The van der Waals surface area contributed by atoms with Crippen LogP contribution < -0.4 is 4.90 Å². The van der Waals surface area contributed by atoms with Crippen molar-refractivity contribution in [3.05, 3.63) is 69.3 Å². The van der Waals surface area contributed by atoms with Crippen LogP contribution in [-0.4, -0.2) is 42.5 Å². The van der Waals surface area contributed by atoms with Gasteiger partial charge in [0, 0.05) is 50.5 Å². The zero-order chi connectivity index (χ0) is 17.8. The van der Waals surface area contributed by atoms with E-state index in [9.17, 15) is 10.1 Å². The summed E-state index contributed by atoms with van der Waals surface area (Å²) in [6.45, 7) is 9.57. The molecule has 1 fully saturated rings. The second kappa shape index (κ2) is 7.66. The highest BCUT2D eigenvalue weighted by Crippen LogP contribution is 2.24. The molecule has 0 radical (unpaired) electrons. The average molecular weight is 339 g/mol. The standard InChI is InChI=1S/C20H25N3O2/c1-16-4-3-5-20(17(16)2)22-14-12-21(13-15-22)11-10-18-6-8-19(9-7-18)23(24)25/h3-9H,10-15H2,1-2H3. The zero-order valence-corrected chi connectivity index (χ0v) is 14.9. The minimum Gasteiger partial charge on any atom is -0.369 e. The molecule has 132 valence electrons. The van der Waals surface area contributed by atoms with E-state index in [0.717, 1.165) is 44.7 Å². The highest BCUT2D eigenvalue weighted by molar-refractivity contribution is 5.56. The first-order valence-electron chi connectivity index (χ1n) is 8.81. The first-order valence-corrected chi connectivity index (χ1v) is 8.81. The lowest BCUT2D eigenvalue weighted by atomic mass is 10.1. The minimum absolute atomic E-state index is 0.158. The zero-order valence-electron chi connectivity index (χ0n) is 14.9. The molecular formula is C20H25N3O2. The third kappa shape index (κ3) is 4.17. The van der Waals surface area contributed by atoms with Crippen molar-refractivity contribution in [1.29, 1.82) is 0 Å². The summed E-state index contributed by atoms with van der Waals surface area (Å²) in [4.78, 5) is 15.3. The Bertz CT molecular complexity index is 735. The Labute approximate surface area is 149 Å². The number of aryl methyl sites for hydroxylation is 1. The van der Waals surface area contributed by atoms with Crippen molar-refractivity contribution in [2.75, 3.05) is 37.6 Å². The highest BCUT2D eigenvalue weighted by Gasteiger charge is 2.18. The van der Waals surface area contributed by atoms with Crippen LogP contribution in [0.2, 0.25) is 0 Å². The van der Waals surface area contributed by atoms with Gasteiger partial charge in [-0.1, -0.05) is 24.3 Å². The van der Waals surface area contributed by atoms with Crippen LogP contribution in [0.3, 0.4) is 0 Å². The van der Waals surface area contributed by atoms with Gasteiger partial charge >= 0.3 is 0 Å². The molecule has 1 saturated heterocycles. The SMILES string of the molecule is Cc1cccc(N2CCN(CCc3ccc([N+](=O)[O-])cc3)CC2)c1C. The third-order valence-corrected chi connectivity index (χ3v) is 5.15. The number of nitro benzene ring substituents is 1. The quantitative estimate of drug-likeness (QED) is 0.617. The number of piperazine rings is 1. The van der Waals surface area contributed by atoms with Gasteiger partial charge in [-0.05, 0) is 43.0 Å². The molecule has 0 atom stereocenters. The van der Waals surface area contributed by atoms with E-state index in [4.69, 9.17) is 0 Å². The van der Waals surface area contributed by atoms with Gasteiger partial charge in [-0.3, -0.25) is 15.0 Å². The topological polar surface area (TPSA) is 49.6 Å². The molecule has 0 N–H and O–H groups in total. The Hall–Kier alpha value is -2.40. The summed E-state index contributed by atoms with van der Waals surface area (Å²) in [6, 6.07) is 13.4. The molecule has 0 aromatic heterocycles. The molecule has 5 heteroatoms. The molecule has 1 aliphatic rings. The summed E-state index contributed by atoms with van der Waals surface area (Å²) in [5, 5.41) is 10.7. The summed E-state index contributed by atoms with van der Waals surface area (Å²) in [7, 11) is 0. The van der Waals surface area contributed by atoms with E-state index < -0.39 is 0 Å². The second-order valence-electron chi connectivity index (χ2n) is 6.72. The molecule has 0 spiro atoms. The van der Waals surface area contributed by atoms with Crippen LogP contribution in [0, 0.1) is 24.0 Å². The molecule has 5 nitrogen and oxygen atoms in total. The van der Waals surface area contributed by atoms with Crippen molar-refractivity contribution in [2.45, 2.75) is 20.3 Å². The van der Waals surface area contributed by atoms with Crippen molar-refractivity contribution < 1.29 is 4.92 Å². The molecule has 25 heavy (non-hydrogen) atoms. The fourth-order valence-electron chi connectivity index (χ4n) is 3.36. The van der Waals surface area contributed by atoms with Gasteiger partial charge in [-0.2, -0.15) is 0 Å². The van der Waals surface area contributed by atoms with E-state index in [-0.39, 0.29) is 10.6 Å². The molecular weight excluding hydrogens is 314 g/mol.